The molecule has 88 valence electrons. The molecule has 0 bridgehead atoms. The van der Waals surface area contributed by atoms with Crippen LogP contribution in [-0.4, -0.2) is 27.8 Å². The summed E-state index contributed by atoms with van der Waals surface area (Å²) in [5.74, 6) is 0.323. The zero-order valence-electron chi connectivity index (χ0n) is 9.77. The van der Waals surface area contributed by atoms with E-state index >= 15 is 0 Å². The van der Waals surface area contributed by atoms with Gasteiger partial charge >= 0.3 is 6.09 Å². The average molecular weight is 225 g/mol. The number of aryl methyl sites for hydroxylation is 1. The molecule has 0 fully saturated rings. The van der Waals surface area contributed by atoms with Crippen LogP contribution in [0.5, 0.6) is 0 Å². The van der Waals surface area contributed by atoms with Crippen molar-refractivity contribution in [2.24, 2.45) is 7.05 Å². The molecule has 0 aromatic carbocycles. The fourth-order valence-corrected chi connectivity index (χ4v) is 1.09. The third kappa shape index (κ3) is 3.08. The first kappa shape index (κ1) is 12.2. The highest BCUT2D eigenvalue weighted by atomic mass is 16.6. The molecule has 0 unspecified atom stereocenters. The summed E-state index contributed by atoms with van der Waals surface area (Å²) < 4.78 is 6.45. The Morgan fingerprint density at radius 1 is 1.56 bits per heavy atom. The summed E-state index contributed by atoms with van der Waals surface area (Å²) in [5.41, 5.74) is -0.266. The van der Waals surface area contributed by atoms with Crippen LogP contribution in [0.25, 0.3) is 0 Å². The largest absolute Gasteiger partial charge is 0.444 e. The SMILES string of the molecule is Cn1ncc(C=O)c1NC(=O)OC(C)(C)C. The number of anilines is 1. The van der Waals surface area contributed by atoms with Gasteiger partial charge in [0.15, 0.2) is 6.29 Å². The Bertz CT molecular complexity index is 404. The molecule has 0 aliphatic heterocycles. The molecule has 0 saturated heterocycles. The minimum Gasteiger partial charge on any atom is -0.444 e. The van der Waals surface area contributed by atoms with E-state index in [9.17, 15) is 9.59 Å². The van der Waals surface area contributed by atoms with Gasteiger partial charge in [0, 0.05) is 7.05 Å². The molecule has 6 nitrogen and oxygen atoms in total. The number of hydrogen-bond donors (Lipinski definition) is 1. The first-order valence-corrected chi connectivity index (χ1v) is 4.80. The van der Waals surface area contributed by atoms with Gasteiger partial charge in [-0.25, -0.2) is 4.79 Å². The van der Waals surface area contributed by atoms with Crippen molar-refractivity contribution in [3.05, 3.63) is 11.8 Å². The van der Waals surface area contributed by atoms with Crippen molar-refractivity contribution in [3.63, 3.8) is 0 Å². The second kappa shape index (κ2) is 4.34. The molecular formula is C10H15N3O3. The molecule has 1 rings (SSSR count). The van der Waals surface area contributed by atoms with E-state index in [2.05, 4.69) is 10.4 Å². The zero-order chi connectivity index (χ0) is 12.3. The Morgan fingerprint density at radius 2 is 2.19 bits per heavy atom. The lowest BCUT2D eigenvalue weighted by Gasteiger charge is -2.19. The summed E-state index contributed by atoms with van der Waals surface area (Å²) in [6.45, 7) is 5.28. The topological polar surface area (TPSA) is 73.2 Å². The van der Waals surface area contributed by atoms with Gasteiger partial charge < -0.3 is 4.74 Å². The maximum atomic E-state index is 11.5. The highest BCUT2D eigenvalue weighted by molar-refractivity contribution is 5.91. The van der Waals surface area contributed by atoms with Crippen LogP contribution in [0.4, 0.5) is 10.6 Å². The van der Waals surface area contributed by atoms with E-state index in [1.54, 1.807) is 27.8 Å². The number of ether oxygens (including phenoxy) is 1. The molecule has 1 aromatic rings. The van der Waals surface area contributed by atoms with Crippen molar-refractivity contribution in [1.82, 2.24) is 9.78 Å². The van der Waals surface area contributed by atoms with Crippen LogP contribution in [0, 0.1) is 0 Å². The van der Waals surface area contributed by atoms with Gasteiger partial charge in [-0.2, -0.15) is 5.10 Å². The Balaban J connectivity index is 2.77. The van der Waals surface area contributed by atoms with Crippen molar-refractivity contribution in [2.75, 3.05) is 5.32 Å². The van der Waals surface area contributed by atoms with E-state index in [4.69, 9.17) is 4.74 Å². The first-order chi connectivity index (χ1) is 7.33. The summed E-state index contributed by atoms with van der Waals surface area (Å²) in [6.07, 6.45) is 1.39. The zero-order valence-corrected chi connectivity index (χ0v) is 9.77. The van der Waals surface area contributed by atoms with Crippen LogP contribution in [0.2, 0.25) is 0 Å². The molecule has 1 aromatic heterocycles. The van der Waals surface area contributed by atoms with E-state index in [0.29, 0.717) is 17.7 Å². The molecule has 0 saturated carbocycles. The fraction of sp³-hybridized carbons (Fsp3) is 0.500. The third-order valence-electron chi connectivity index (χ3n) is 1.71. The van der Waals surface area contributed by atoms with E-state index < -0.39 is 11.7 Å². The standard InChI is InChI=1S/C10H15N3O3/c1-10(2,3)16-9(15)12-8-7(6-14)5-11-13(8)4/h5-6H,1-4H3,(H,12,15). The molecule has 1 amide bonds. The number of rotatable bonds is 2. The van der Waals surface area contributed by atoms with Crippen LogP contribution in [0.1, 0.15) is 31.1 Å². The Morgan fingerprint density at radius 3 is 2.69 bits per heavy atom. The van der Waals surface area contributed by atoms with E-state index in [-0.39, 0.29) is 0 Å². The summed E-state index contributed by atoms with van der Waals surface area (Å²) in [4.78, 5) is 22.1. The van der Waals surface area contributed by atoms with Gasteiger partial charge in [0.2, 0.25) is 0 Å². The number of aromatic nitrogens is 2. The van der Waals surface area contributed by atoms with Gasteiger partial charge in [0.25, 0.3) is 0 Å². The fourth-order valence-electron chi connectivity index (χ4n) is 1.09. The predicted octanol–water partition coefficient (Wildman–Crippen LogP) is 1.58. The molecule has 1 N–H and O–H groups in total. The Hall–Kier alpha value is -1.85. The summed E-state index contributed by atoms with van der Waals surface area (Å²) in [7, 11) is 1.62. The number of nitrogens with zero attached hydrogens (tertiary/aromatic N) is 2. The summed E-state index contributed by atoms with van der Waals surface area (Å²) in [5, 5.41) is 6.33. The minimum atomic E-state index is -0.612. The van der Waals surface area contributed by atoms with Crippen LogP contribution in [-0.2, 0) is 11.8 Å². The van der Waals surface area contributed by atoms with Crippen molar-refractivity contribution in [3.8, 4) is 0 Å². The Kier molecular flexibility index (Phi) is 3.31. The summed E-state index contributed by atoms with van der Waals surface area (Å²) in [6, 6.07) is 0. The van der Waals surface area contributed by atoms with E-state index in [1.807, 2.05) is 0 Å². The summed E-state index contributed by atoms with van der Waals surface area (Å²) >= 11 is 0. The van der Waals surface area contributed by atoms with Crippen LogP contribution in [0.15, 0.2) is 6.20 Å². The molecular weight excluding hydrogens is 210 g/mol. The minimum absolute atomic E-state index is 0.313. The van der Waals surface area contributed by atoms with Gasteiger partial charge in [-0.3, -0.25) is 14.8 Å². The predicted molar refractivity (Wildman–Crippen MR) is 58.5 cm³/mol. The Labute approximate surface area is 93.6 Å². The van der Waals surface area contributed by atoms with Crippen molar-refractivity contribution < 1.29 is 14.3 Å². The highest BCUT2D eigenvalue weighted by Gasteiger charge is 2.18. The van der Waals surface area contributed by atoms with Gasteiger partial charge in [-0.05, 0) is 20.8 Å². The van der Waals surface area contributed by atoms with Crippen LogP contribution in [0.3, 0.4) is 0 Å². The second-order valence-electron chi connectivity index (χ2n) is 4.32. The quantitative estimate of drug-likeness (QED) is 0.775. The number of hydrogen-bond acceptors (Lipinski definition) is 4. The lowest BCUT2D eigenvalue weighted by Crippen LogP contribution is -2.28. The number of amides is 1. The van der Waals surface area contributed by atoms with E-state index in [0.717, 1.165) is 0 Å². The third-order valence-corrected chi connectivity index (χ3v) is 1.71. The number of aldehydes is 1. The van der Waals surface area contributed by atoms with Gasteiger partial charge in [-0.15, -0.1) is 0 Å². The van der Waals surface area contributed by atoms with Crippen LogP contribution >= 0.6 is 0 Å². The number of nitrogens with one attached hydrogen (secondary N) is 1. The lowest BCUT2D eigenvalue weighted by atomic mass is 10.2. The first-order valence-electron chi connectivity index (χ1n) is 4.80. The normalized spacial score (nSPS) is 11.0. The van der Waals surface area contributed by atoms with Gasteiger partial charge in [0.05, 0.1) is 11.8 Å². The molecule has 16 heavy (non-hydrogen) atoms. The number of carbonyl (C=O) groups is 2. The van der Waals surface area contributed by atoms with Crippen molar-refractivity contribution in [2.45, 2.75) is 26.4 Å². The molecule has 0 aliphatic carbocycles. The smallest absolute Gasteiger partial charge is 0.413 e. The van der Waals surface area contributed by atoms with Gasteiger partial charge in [0.1, 0.15) is 11.4 Å². The second-order valence-corrected chi connectivity index (χ2v) is 4.32. The molecule has 0 aliphatic rings. The number of carbonyl (C=O) groups excluding carboxylic acids is 2. The molecule has 0 atom stereocenters. The maximum Gasteiger partial charge on any atom is 0.413 e. The molecule has 1 heterocycles. The monoisotopic (exact) mass is 225 g/mol. The van der Waals surface area contributed by atoms with E-state index in [1.165, 1.54) is 10.9 Å². The lowest BCUT2D eigenvalue weighted by molar-refractivity contribution is 0.0634. The highest BCUT2D eigenvalue weighted by Crippen LogP contribution is 2.14. The molecule has 6 heteroatoms. The van der Waals surface area contributed by atoms with Crippen molar-refractivity contribution >= 4 is 18.2 Å². The molecule has 0 spiro atoms. The molecule has 0 radical (unpaired) electrons. The maximum absolute atomic E-state index is 11.5. The average Bonchev–Trinajstić information content (AvgIpc) is 2.44. The van der Waals surface area contributed by atoms with Crippen molar-refractivity contribution in [1.29, 1.82) is 0 Å². The van der Waals surface area contributed by atoms with Crippen LogP contribution < -0.4 is 5.32 Å². The van der Waals surface area contributed by atoms with Gasteiger partial charge in [-0.1, -0.05) is 0 Å².